The number of rotatable bonds is 5. The average molecular weight is 467 g/mol. The number of nitrogens with zero attached hydrogens (tertiary/aromatic N) is 5. The molecule has 182 valence electrons. The SMILES string of the molecule is COc1ccc(-c2nnn(C3CCN(C(=O)NC45CC6CC(CC(C6)C4)C5)CC3)n2)cc1OC. The molecule has 2 aromatic rings. The number of likely N-dealkylation sites (tertiary alicyclic amines) is 1. The molecule has 0 atom stereocenters. The normalized spacial score (nSPS) is 30.4. The third kappa shape index (κ3) is 3.88. The zero-order valence-corrected chi connectivity index (χ0v) is 20.1. The minimum Gasteiger partial charge on any atom is -0.493 e. The molecular formula is C25H34N6O3. The third-order valence-corrected chi connectivity index (χ3v) is 8.56. The molecule has 4 aliphatic carbocycles. The smallest absolute Gasteiger partial charge is 0.317 e. The van der Waals surface area contributed by atoms with E-state index in [1.807, 2.05) is 23.1 Å². The van der Waals surface area contributed by atoms with Crippen molar-refractivity contribution in [1.29, 1.82) is 0 Å². The molecule has 1 aromatic carbocycles. The lowest BCUT2D eigenvalue weighted by Gasteiger charge is -2.57. The van der Waals surface area contributed by atoms with Gasteiger partial charge in [0.15, 0.2) is 11.5 Å². The molecule has 5 fully saturated rings. The van der Waals surface area contributed by atoms with Crippen LogP contribution in [0.5, 0.6) is 11.5 Å². The maximum absolute atomic E-state index is 13.2. The minimum atomic E-state index is 0.0600. The lowest BCUT2D eigenvalue weighted by Crippen LogP contribution is -2.62. The molecule has 1 N–H and O–H groups in total. The summed E-state index contributed by atoms with van der Waals surface area (Å²) in [4.78, 5) is 16.9. The second-order valence-electron chi connectivity index (χ2n) is 10.8. The fourth-order valence-electron chi connectivity index (χ4n) is 7.34. The molecule has 9 heteroatoms. The van der Waals surface area contributed by atoms with E-state index >= 15 is 0 Å². The van der Waals surface area contributed by atoms with E-state index in [-0.39, 0.29) is 17.6 Å². The molecule has 34 heavy (non-hydrogen) atoms. The van der Waals surface area contributed by atoms with Gasteiger partial charge >= 0.3 is 6.03 Å². The van der Waals surface area contributed by atoms with Crippen molar-refractivity contribution < 1.29 is 14.3 Å². The van der Waals surface area contributed by atoms with Gasteiger partial charge in [-0.05, 0) is 92.5 Å². The summed E-state index contributed by atoms with van der Waals surface area (Å²) >= 11 is 0. The highest BCUT2D eigenvalue weighted by molar-refractivity contribution is 5.75. The number of ether oxygens (including phenoxy) is 2. The van der Waals surface area contributed by atoms with Gasteiger partial charge in [-0.3, -0.25) is 0 Å². The maximum Gasteiger partial charge on any atom is 0.317 e. The molecule has 0 radical (unpaired) electrons. The fourth-order valence-corrected chi connectivity index (χ4v) is 7.34. The number of carbonyl (C=O) groups excluding carboxylic acids is 1. The number of urea groups is 1. The molecule has 2 heterocycles. The van der Waals surface area contributed by atoms with Crippen molar-refractivity contribution in [3.05, 3.63) is 18.2 Å². The second kappa shape index (κ2) is 8.43. The van der Waals surface area contributed by atoms with Gasteiger partial charge in [0.05, 0.1) is 20.3 Å². The maximum atomic E-state index is 13.2. The molecule has 4 bridgehead atoms. The number of hydrogen-bond donors (Lipinski definition) is 1. The summed E-state index contributed by atoms with van der Waals surface area (Å²) in [5, 5.41) is 16.7. The van der Waals surface area contributed by atoms with Crippen LogP contribution in [0.25, 0.3) is 11.4 Å². The quantitative estimate of drug-likeness (QED) is 0.723. The van der Waals surface area contributed by atoms with Gasteiger partial charge in [0.2, 0.25) is 5.82 Å². The lowest BCUT2D eigenvalue weighted by molar-refractivity contribution is -0.0162. The Hall–Kier alpha value is -2.84. The number of nitrogens with one attached hydrogen (secondary N) is 1. The Morgan fingerprint density at radius 1 is 1.00 bits per heavy atom. The summed E-state index contributed by atoms with van der Waals surface area (Å²) in [6, 6.07) is 5.87. The van der Waals surface area contributed by atoms with E-state index in [0.29, 0.717) is 17.3 Å². The number of tetrazole rings is 1. The van der Waals surface area contributed by atoms with Crippen molar-refractivity contribution >= 4 is 6.03 Å². The van der Waals surface area contributed by atoms with Crippen molar-refractivity contribution in [3.63, 3.8) is 0 Å². The summed E-state index contributed by atoms with van der Waals surface area (Å²) in [7, 11) is 3.22. The van der Waals surface area contributed by atoms with Crippen LogP contribution >= 0.6 is 0 Å². The molecule has 1 aliphatic heterocycles. The summed E-state index contributed by atoms with van der Waals surface area (Å²) in [6.07, 6.45) is 9.37. The van der Waals surface area contributed by atoms with Crippen LogP contribution in [0.2, 0.25) is 0 Å². The van der Waals surface area contributed by atoms with E-state index in [9.17, 15) is 4.79 Å². The molecular weight excluding hydrogens is 432 g/mol. The Balaban J connectivity index is 1.07. The molecule has 7 rings (SSSR count). The molecule has 9 nitrogen and oxygen atoms in total. The predicted molar refractivity (Wildman–Crippen MR) is 126 cm³/mol. The Kier molecular flexibility index (Phi) is 5.37. The highest BCUT2D eigenvalue weighted by Crippen LogP contribution is 2.55. The van der Waals surface area contributed by atoms with Crippen LogP contribution < -0.4 is 14.8 Å². The van der Waals surface area contributed by atoms with Gasteiger partial charge < -0.3 is 19.7 Å². The Morgan fingerprint density at radius 2 is 1.65 bits per heavy atom. The highest BCUT2D eigenvalue weighted by atomic mass is 16.5. The van der Waals surface area contributed by atoms with E-state index in [0.717, 1.165) is 49.2 Å². The van der Waals surface area contributed by atoms with Crippen molar-refractivity contribution in [3.8, 4) is 22.9 Å². The molecule has 2 amide bonds. The van der Waals surface area contributed by atoms with Gasteiger partial charge in [0.1, 0.15) is 0 Å². The van der Waals surface area contributed by atoms with Gasteiger partial charge in [0, 0.05) is 24.2 Å². The Morgan fingerprint density at radius 3 is 2.26 bits per heavy atom. The first kappa shape index (κ1) is 21.7. The predicted octanol–water partition coefficient (Wildman–Crippen LogP) is 3.67. The summed E-state index contributed by atoms with van der Waals surface area (Å²) in [5.74, 6) is 4.34. The Labute approximate surface area is 200 Å². The summed E-state index contributed by atoms with van der Waals surface area (Å²) in [6.45, 7) is 1.44. The van der Waals surface area contributed by atoms with Crippen LogP contribution in [0, 0.1) is 17.8 Å². The molecule has 1 aromatic heterocycles. The Bertz CT molecular complexity index is 1030. The lowest BCUT2D eigenvalue weighted by atomic mass is 9.53. The highest BCUT2D eigenvalue weighted by Gasteiger charge is 2.51. The monoisotopic (exact) mass is 466 g/mol. The van der Waals surface area contributed by atoms with Crippen molar-refractivity contribution in [2.75, 3.05) is 27.3 Å². The largest absolute Gasteiger partial charge is 0.493 e. The van der Waals surface area contributed by atoms with Gasteiger partial charge in [0.25, 0.3) is 0 Å². The first-order chi connectivity index (χ1) is 16.5. The summed E-state index contributed by atoms with van der Waals surface area (Å²) in [5.41, 5.74) is 0.890. The van der Waals surface area contributed by atoms with Gasteiger partial charge in [-0.1, -0.05) is 0 Å². The van der Waals surface area contributed by atoms with E-state index in [1.54, 1.807) is 19.0 Å². The first-order valence-corrected chi connectivity index (χ1v) is 12.6. The van der Waals surface area contributed by atoms with Crippen molar-refractivity contribution in [1.82, 2.24) is 30.4 Å². The second-order valence-corrected chi connectivity index (χ2v) is 10.8. The number of aromatic nitrogens is 4. The van der Waals surface area contributed by atoms with Crippen LogP contribution in [0.4, 0.5) is 4.79 Å². The zero-order valence-electron chi connectivity index (χ0n) is 20.1. The fraction of sp³-hybridized carbons (Fsp3) is 0.680. The van der Waals surface area contributed by atoms with Crippen LogP contribution in [-0.4, -0.2) is 64.0 Å². The molecule has 0 spiro atoms. The minimum absolute atomic E-state index is 0.0600. The standard InChI is InChI=1S/C25H34N6O3/c1-33-21-4-3-19(12-22(21)34-2)23-27-29-31(28-23)20-5-7-30(8-6-20)24(32)26-25-13-16-9-17(14-25)11-18(10-16)15-25/h3-4,12,16-18,20H,5-11,13-15H2,1-2H3,(H,26,32). The van der Waals surface area contributed by atoms with Crippen LogP contribution in [0.3, 0.4) is 0 Å². The number of piperidine rings is 1. The number of amides is 2. The first-order valence-electron chi connectivity index (χ1n) is 12.6. The molecule has 5 aliphatic rings. The van der Waals surface area contributed by atoms with E-state index in [1.165, 1.54) is 38.5 Å². The topological polar surface area (TPSA) is 94.4 Å². The average Bonchev–Trinajstić information content (AvgIpc) is 3.33. The number of benzene rings is 1. The van der Waals surface area contributed by atoms with Gasteiger partial charge in [-0.15, -0.1) is 10.2 Å². The number of hydrogen-bond acceptors (Lipinski definition) is 6. The summed E-state index contributed by atoms with van der Waals surface area (Å²) < 4.78 is 10.7. The zero-order chi connectivity index (χ0) is 23.3. The molecule has 4 saturated carbocycles. The number of carbonyl (C=O) groups is 1. The van der Waals surface area contributed by atoms with E-state index in [2.05, 4.69) is 20.7 Å². The van der Waals surface area contributed by atoms with Crippen molar-refractivity contribution in [2.24, 2.45) is 17.8 Å². The third-order valence-electron chi connectivity index (χ3n) is 8.56. The molecule has 0 unspecified atom stereocenters. The van der Waals surface area contributed by atoms with E-state index < -0.39 is 0 Å². The van der Waals surface area contributed by atoms with E-state index in [4.69, 9.17) is 9.47 Å². The van der Waals surface area contributed by atoms with Crippen LogP contribution in [0.1, 0.15) is 57.4 Å². The van der Waals surface area contributed by atoms with Gasteiger partial charge in [-0.2, -0.15) is 4.80 Å². The van der Waals surface area contributed by atoms with Crippen LogP contribution in [0.15, 0.2) is 18.2 Å². The van der Waals surface area contributed by atoms with Gasteiger partial charge in [-0.25, -0.2) is 4.79 Å². The number of methoxy groups -OCH3 is 2. The van der Waals surface area contributed by atoms with Crippen LogP contribution in [-0.2, 0) is 0 Å². The van der Waals surface area contributed by atoms with Crippen molar-refractivity contribution in [2.45, 2.75) is 62.9 Å². The molecule has 1 saturated heterocycles.